The normalized spacial score (nSPS) is 21.1. The number of nitriles is 1. The Labute approximate surface area is 198 Å². The zero-order chi connectivity index (χ0) is 22.9. The maximum Gasteiger partial charge on any atom is 0.232 e. The number of methoxy groups -OCH3 is 1. The van der Waals surface area contributed by atoms with E-state index in [-0.39, 0.29) is 24.0 Å². The number of Topliss-reactive ketones (excluding diaryl/α,β-unsaturated/α-hetero) is 1. The molecule has 170 valence electrons. The molecule has 0 saturated carbocycles. The fourth-order valence-electron chi connectivity index (χ4n) is 5.55. The van der Waals surface area contributed by atoms with E-state index in [4.69, 9.17) is 4.74 Å². The minimum Gasteiger partial charge on any atom is -0.497 e. The lowest BCUT2D eigenvalue weighted by Gasteiger charge is -2.38. The van der Waals surface area contributed by atoms with Gasteiger partial charge in [0.05, 0.1) is 12.7 Å². The van der Waals surface area contributed by atoms with Crippen molar-refractivity contribution in [3.05, 3.63) is 57.1 Å². The van der Waals surface area contributed by atoms with E-state index in [1.54, 1.807) is 23.3 Å². The number of hydrogen-bond donors (Lipinski definition) is 0. The van der Waals surface area contributed by atoms with E-state index in [0.29, 0.717) is 18.4 Å². The summed E-state index contributed by atoms with van der Waals surface area (Å²) in [7, 11) is 1.62. The second kappa shape index (κ2) is 9.15. The molecule has 2 aliphatic carbocycles. The van der Waals surface area contributed by atoms with E-state index in [1.807, 2.05) is 24.3 Å². The van der Waals surface area contributed by atoms with Gasteiger partial charge in [0.25, 0.3) is 0 Å². The summed E-state index contributed by atoms with van der Waals surface area (Å²) in [5.74, 6) is 0.549. The lowest BCUT2D eigenvalue weighted by atomic mass is 9.77. The smallest absolute Gasteiger partial charge is 0.232 e. The Morgan fingerprint density at radius 3 is 2.67 bits per heavy atom. The maximum absolute atomic E-state index is 13.7. The van der Waals surface area contributed by atoms with Gasteiger partial charge in [0.1, 0.15) is 16.8 Å². The zero-order valence-corrected chi connectivity index (χ0v) is 19.8. The number of hydrogen-bond acceptors (Lipinski definition) is 5. The summed E-state index contributed by atoms with van der Waals surface area (Å²) in [5.41, 5.74) is 4.27. The molecule has 5 nitrogen and oxygen atoms in total. The molecular weight excluding hydrogens is 432 g/mol. The van der Waals surface area contributed by atoms with Crippen molar-refractivity contribution in [3.8, 4) is 11.8 Å². The molecular formula is C27H28N2O3S. The number of anilines is 1. The second-order valence-corrected chi connectivity index (χ2v) is 10.2. The lowest BCUT2D eigenvalue weighted by molar-refractivity contribution is -0.119. The van der Waals surface area contributed by atoms with E-state index in [0.717, 1.165) is 65.3 Å². The summed E-state index contributed by atoms with van der Waals surface area (Å²) in [6.45, 7) is 0. The number of ether oxygens (including phenoxy) is 1. The van der Waals surface area contributed by atoms with Crippen molar-refractivity contribution in [2.75, 3.05) is 12.0 Å². The van der Waals surface area contributed by atoms with Crippen LogP contribution in [0.2, 0.25) is 0 Å². The van der Waals surface area contributed by atoms with Crippen molar-refractivity contribution in [3.63, 3.8) is 0 Å². The van der Waals surface area contributed by atoms with Crippen LogP contribution >= 0.6 is 11.3 Å². The van der Waals surface area contributed by atoms with E-state index in [9.17, 15) is 14.9 Å². The molecule has 1 unspecified atom stereocenters. The number of ketones is 1. The van der Waals surface area contributed by atoms with Crippen LogP contribution in [0, 0.1) is 11.3 Å². The highest BCUT2D eigenvalue weighted by molar-refractivity contribution is 7.16. The van der Waals surface area contributed by atoms with Gasteiger partial charge in [0, 0.05) is 34.9 Å². The number of rotatable bonds is 3. The van der Waals surface area contributed by atoms with Gasteiger partial charge >= 0.3 is 0 Å². The lowest BCUT2D eigenvalue weighted by Crippen LogP contribution is -2.40. The van der Waals surface area contributed by atoms with Crippen LogP contribution in [0.1, 0.15) is 78.9 Å². The third-order valence-corrected chi connectivity index (χ3v) is 8.42. The van der Waals surface area contributed by atoms with Gasteiger partial charge in [0.2, 0.25) is 5.91 Å². The first-order valence-electron chi connectivity index (χ1n) is 11.9. The van der Waals surface area contributed by atoms with Crippen molar-refractivity contribution in [2.45, 2.75) is 70.1 Å². The maximum atomic E-state index is 13.7. The van der Waals surface area contributed by atoms with Crippen LogP contribution in [0.15, 0.2) is 35.5 Å². The van der Waals surface area contributed by atoms with Crippen molar-refractivity contribution in [2.24, 2.45) is 0 Å². The molecule has 0 bridgehead atoms. The number of carbonyl (C=O) groups is 2. The number of aryl methyl sites for hydroxylation is 1. The molecule has 0 radical (unpaired) electrons. The van der Waals surface area contributed by atoms with Gasteiger partial charge < -0.3 is 4.74 Å². The molecule has 33 heavy (non-hydrogen) atoms. The fraction of sp³-hybridized carbons (Fsp3) is 0.444. The van der Waals surface area contributed by atoms with Gasteiger partial charge in [-0.1, -0.05) is 25.0 Å². The quantitative estimate of drug-likeness (QED) is 0.579. The van der Waals surface area contributed by atoms with Crippen molar-refractivity contribution < 1.29 is 14.3 Å². The minimum absolute atomic E-state index is 0.0259. The first kappa shape index (κ1) is 21.9. The van der Waals surface area contributed by atoms with E-state index in [2.05, 4.69) is 6.07 Å². The minimum atomic E-state index is -0.266. The summed E-state index contributed by atoms with van der Waals surface area (Å²) in [6.07, 6.45) is 8.61. The van der Waals surface area contributed by atoms with Crippen LogP contribution in [0.4, 0.5) is 5.00 Å². The average Bonchev–Trinajstić information content (AvgIpc) is 3.14. The Balaban J connectivity index is 1.65. The molecule has 1 aliphatic heterocycles. The summed E-state index contributed by atoms with van der Waals surface area (Å²) in [5, 5.41) is 10.8. The molecule has 2 aromatic rings. The molecule has 1 aromatic carbocycles. The van der Waals surface area contributed by atoms with Gasteiger partial charge in [-0.3, -0.25) is 14.5 Å². The largest absolute Gasteiger partial charge is 0.497 e. The number of thiophene rings is 1. The molecule has 3 aliphatic rings. The Hall–Kier alpha value is -2.91. The van der Waals surface area contributed by atoms with Crippen molar-refractivity contribution in [1.82, 2.24) is 0 Å². The van der Waals surface area contributed by atoms with Gasteiger partial charge in [-0.25, -0.2) is 0 Å². The summed E-state index contributed by atoms with van der Waals surface area (Å²) in [4.78, 5) is 29.9. The van der Waals surface area contributed by atoms with Crippen LogP contribution in [-0.4, -0.2) is 18.8 Å². The highest BCUT2D eigenvalue weighted by Crippen LogP contribution is 2.48. The molecule has 0 saturated heterocycles. The number of fused-ring (bicyclic) bond motifs is 1. The van der Waals surface area contributed by atoms with E-state index < -0.39 is 0 Å². The molecule has 0 N–H and O–H groups in total. The SMILES string of the molecule is COc1cccc(C2CC(=O)N(c3sc4c(c3C#N)CCCCCC4)C3=C2C(=O)CCC3)c1. The standard InChI is InChI=1S/C27H28N2O3S/c1-32-18-9-6-8-17(14-18)20-15-25(31)29(22-11-7-12-23(30)26(20)22)27-21(16-28)19-10-4-2-3-5-13-24(19)33-27/h6,8-9,14,20H,2-5,7,10-13,15H2,1H3. The molecule has 6 heteroatoms. The highest BCUT2D eigenvalue weighted by Gasteiger charge is 2.41. The fourth-order valence-corrected chi connectivity index (χ4v) is 6.93. The van der Waals surface area contributed by atoms with Crippen molar-refractivity contribution in [1.29, 1.82) is 5.26 Å². The molecule has 0 spiro atoms. The van der Waals surface area contributed by atoms with Crippen LogP contribution < -0.4 is 9.64 Å². The van der Waals surface area contributed by atoms with E-state index in [1.165, 1.54) is 17.7 Å². The number of amides is 1. The molecule has 5 rings (SSSR count). The molecule has 1 aromatic heterocycles. The molecule has 0 fully saturated rings. The second-order valence-electron chi connectivity index (χ2n) is 9.11. The number of nitrogens with zero attached hydrogens (tertiary/aromatic N) is 2. The predicted molar refractivity (Wildman–Crippen MR) is 129 cm³/mol. The molecule has 2 heterocycles. The Bertz CT molecular complexity index is 1190. The van der Waals surface area contributed by atoms with Gasteiger partial charge in [-0.05, 0) is 61.8 Å². The van der Waals surface area contributed by atoms with Crippen molar-refractivity contribution >= 4 is 28.0 Å². The topological polar surface area (TPSA) is 70.4 Å². The summed E-state index contributed by atoms with van der Waals surface area (Å²) >= 11 is 1.60. The summed E-state index contributed by atoms with van der Waals surface area (Å²) in [6, 6.07) is 10.1. The first-order chi connectivity index (χ1) is 16.1. The van der Waals surface area contributed by atoms with Gasteiger partial charge in [0.15, 0.2) is 5.78 Å². The third-order valence-electron chi connectivity index (χ3n) is 7.14. The molecule has 1 atom stereocenters. The Morgan fingerprint density at radius 2 is 1.88 bits per heavy atom. The van der Waals surface area contributed by atoms with Crippen LogP contribution in [0.25, 0.3) is 0 Å². The third kappa shape index (κ3) is 3.89. The predicted octanol–water partition coefficient (Wildman–Crippen LogP) is 5.81. The van der Waals surface area contributed by atoms with E-state index >= 15 is 0 Å². The average molecular weight is 461 g/mol. The number of benzene rings is 1. The Kier molecular flexibility index (Phi) is 6.07. The monoisotopic (exact) mass is 460 g/mol. The summed E-state index contributed by atoms with van der Waals surface area (Å²) < 4.78 is 5.39. The van der Waals surface area contributed by atoms with Gasteiger partial charge in [-0.2, -0.15) is 5.26 Å². The van der Waals surface area contributed by atoms with Crippen LogP contribution in [-0.2, 0) is 22.4 Å². The first-order valence-corrected chi connectivity index (χ1v) is 12.7. The Morgan fingerprint density at radius 1 is 1.06 bits per heavy atom. The van der Waals surface area contributed by atoms with Gasteiger partial charge in [-0.15, -0.1) is 11.3 Å². The highest BCUT2D eigenvalue weighted by atomic mass is 32.1. The van der Waals surface area contributed by atoms with Crippen LogP contribution in [0.5, 0.6) is 5.75 Å². The molecule has 1 amide bonds. The zero-order valence-electron chi connectivity index (χ0n) is 19.0. The number of carbonyl (C=O) groups excluding carboxylic acids is 2. The van der Waals surface area contributed by atoms with Crippen LogP contribution in [0.3, 0.4) is 0 Å². The number of allylic oxidation sites excluding steroid dienone is 2.